The summed E-state index contributed by atoms with van der Waals surface area (Å²) in [6, 6.07) is 18.2. The van der Waals surface area contributed by atoms with Gasteiger partial charge in [0, 0.05) is 38.0 Å². The number of hydrogen-bond acceptors (Lipinski definition) is 3. The first kappa shape index (κ1) is 18.5. The molecule has 1 saturated heterocycles. The second-order valence-electron chi connectivity index (χ2n) is 7.68. The SMILES string of the molecule is CCCc1ccccc1NC(=O)N1CCC2(CC1)CC(c1ccccc1)=NO2. The number of aryl methyl sites for hydroxylation is 1. The summed E-state index contributed by atoms with van der Waals surface area (Å²) in [5.74, 6) is 0. The van der Waals surface area contributed by atoms with Gasteiger partial charge in [-0.05, 0) is 23.6 Å². The van der Waals surface area contributed by atoms with E-state index in [9.17, 15) is 4.79 Å². The summed E-state index contributed by atoms with van der Waals surface area (Å²) >= 11 is 0. The van der Waals surface area contributed by atoms with Crippen molar-refractivity contribution in [1.82, 2.24) is 4.90 Å². The topological polar surface area (TPSA) is 53.9 Å². The fourth-order valence-corrected chi connectivity index (χ4v) is 4.02. The molecule has 2 heterocycles. The molecule has 1 fully saturated rings. The number of likely N-dealkylation sites (tertiary alicyclic amines) is 1. The molecule has 2 aromatic rings. The molecule has 2 aromatic carbocycles. The predicted molar refractivity (Wildman–Crippen MR) is 112 cm³/mol. The van der Waals surface area contributed by atoms with Crippen LogP contribution >= 0.6 is 0 Å². The number of piperidine rings is 1. The number of nitrogens with zero attached hydrogens (tertiary/aromatic N) is 2. The number of nitrogens with one attached hydrogen (secondary N) is 1. The number of benzene rings is 2. The normalized spacial score (nSPS) is 17.9. The molecule has 5 nitrogen and oxygen atoms in total. The van der Waals surface area contributed by atoms with Gasteiger partial charge in [-0.25, -0.2) is 4.79 Å². The Morgan fingerprint density at radius 2 is 1.82 bits per heavy atom. The lowest BCUT2D eigenvalue weighted by Gasteiger charge is -2.37. The van der Waals surface area contributed by atoms with Crippen LogP contribution in [0.1, 0.15) is 43.7 Å². The van der Waals surface area contributed by atoms with Crippen LogP contribution in [0.15, 0.2) is 59.8 Å². The molecular formula is C23H27N3O2. The third kappa shape index (κ3) is 3.88. The van der Waals surface area contributed by atoms with E-state index in [-0.39, 0.29) is 11.6 Å². The molecule has 0 atom stereocenters. The Balaban J connectivity index is 1.34. The van der Waals surface area contributed by atoms with E-state index in [0.717, 1.165) is 49.1 Å². The first-order valence-corrected chi connectivity index (χ1v) is 10.1. The zero-order valence-corrected chi connectivity index (χ0v) is 16.4. The number of para-hydroxylation sites is 1. The quantitative estimate of drug-likeness (QED) is 0.830. The van der Waals surface area contributed by atoms with E-state index < -0.39 is 0 Å². The summed E-state index contributed by atoms with van der Waals surface area (Å²) in [7, 11) is 0. The molecule has 0 aliphatic carbocycles. The highest BCUT2D eigenvalue weighted by Gasteiger charge is 2.43. The highest BCUT2D eigenvalue weighted by molar-refractivity contribution is 6.01. The third-order valence-corrected chi connectivity index (χ3v) is 5.69. The van der Waals surface area contributed by atoms with Crippen molar-refractivity contribution in [2.75, 3.05) is 18.4 Å². The molecular weight excluding hydrogens is 350 g/mol. The lowest BCUT2D eigenvalue weighted by atomic mass is 9.85. The average molecular weight is 377 g/mol. The molecule has 0 radical (unpaired) electrons. The molecule has 28 heavy (non-hydrogen) atoms. The molecule has 0 aromatic heterocycles. The van der Waals surface area contributed by atoms with Gasteiger partial charge in [0.05, 0.1) is 5.71 Å². The summed E-state index contributed by atoms with van der Waals surface area (Å²) < 4.78 is 0. The Kier molecular flexibility index (Phi) is 5.33. The van der Waals surface area contributed by atoms with Gasteiger partial charge >= 0.3 is 6.03 Å². The van der Waals surface area contributed by atoms with E-state index in [1.165, 1.54) is 5.56 Å². The first-order chi connectivity index (χ1) is 13.7. The maximum atomic E-state index is 12.8. The third-order valence-electron chi connectivity index (χ3n) is 5.69. The predicted octanol–water partition coefficient (Wildman–Crippen LogP) is 4.83. The number of urea groups is 1. The van der Waals surface area contributed by atoms with Crippen LogP contribution in [-0.2, 0) is 11.3 Å². The van der Waals surface area contributed by atoms with Gasteiger partial charge in [0.25, 0.3) is 0 Å². The number of amides is 2. The first-order valence-electron chi connectivity index (χ1n) is 10.1. The standard InChI is InChI=1S/C23H27N3O2/c1-2-8-18-11-6-7-12-20(18)24-22(27)26-15-13-23(14-16-26)17-21(25-28-23)19-9-4-3-5-10-19/h3-7,9-12H,2,8,13-17H2,1H3,(H,24,27). The van der Waals surface area contributed by atoms with Crippen molar-refractivity contribution >= 4 is 17.4 Å². The Hall–Kier alpha value is -2.82. The summed E-state index contributed by atoms with van der Waals surface area (Å²) in [6.07, 6.45) is 4.44. The number of carbonyl (C=O) groups is 1. The lowest BCUT2D eigenvalue weighted by molar-refractivity contribution is -0.0544. The van der Waals surface area contributed by atoms with E-state index >= 15 is 0 Å². The number of anilines is 1. The molecule has 1 spiro atoms. The summed E-state index contributed by atoms with van der Waals surface area (Å²) in [5, 5.41) is 7.45. The molecule has 2 aliphatic heterocycles. The van der Waals surface area contributed by atoms with Gasteiger partial charge in [-0.2, -0.15) is 0 Å². The molecule has 4 rings (SSSR count). The average Bonchev–Trinajstić information content (AvgIpc) is 3.14. The van der Waals surface area contributed by atoms with E-state index in [0.29, 0.717) is 13.1 Å². The van der Waals surface area contributed by atoms with Crippen molar-refractivity contribution in [2.45, 2.75) is 44.6 Å². The van der Waals surface area contributed by atoms with Gasteiger partial charge in [-0.3, -0.25) is 0 Å². The van der Waals surface area contributed by atoms with Gasteiger partial charge < -0.3 is 15.1 Å². The second kappa shape index (κ2) is 8.05. The van der Waals surface area contributed by atoms with Crippen molar-refractivity contribution in [1.29, 1.82) is 0 Å². The van der Waals surface area contributed by atoms with Crippen molar-refractivity contribution in [3.8, 4) is 0 Å². The van der Waals surface area contributed by atoms with E-state index in [4.69, 9.17) is 4.84 Å². The maximum Gasteiger partial charge on any atom is 0.321 e. The van der Waals surface area contributed by atoms with Crippen molar-refractivity contribution in [3.05, 3.63) is 65.7 Å². The fourth-order valence-electron chi connectivity index (χ4n) is 4.02. The zero-order valence-electron chi connectivity index (χ0n) is 16.4. The van der Waals surface area contributed by atoms with Crippen LogP contribution in [0.5, 0.6) is 0 Å². The Bertz CT molecular complexity index is 855. The van der Waals surface area contributed by atoms with E-state index in [1.807, 2.05) is 41.3 Å². The number of carbonyl (C=O) groups excluding carboxylic acids is 1. The second-order valence-corrected chi connectivity index (χ2v) is 7.68. The van der Waals surface area contributed by atoms with Crippen LogP contribution in [0.3, 0.4) is 0 Å². The summed E-state index contributed by atoms with van der Waals surface area (Å²) in [5.41, 5.74) is 3.97. The molecule has 2 amide bonds. The van der Waals surface area contributed by atoms with Crippen LogP contribution < -0.4 is 5.32 Å². The van der Waals surface area contributed by atoms with Gasteiger partial charge in [-0.1, -0.05) is 67.0 Å². The van der Waals surface area contributed by atoms with Gasteiger partial charge in [0.15, 0.2) is 0 Å². The summed E-state index contributed by atoms with van der Waals surface area (Å²) in [4.78, 5) is 20.5. The highest BCUT2D eigenvalue weighted by Crippen LogP contribution is 2.36. The molecule has 1 N–H and O–H groups in total. The molecule has 5 heteroatoms. The minimum atomic E-state index is -0.262. The van der Waals surface area contributed by atoms with E-state index in [1.54, 1.807) is 0 Å². The summed E-state index contributed by atoms with van der Waals surface area (Å²) in [6.45, 7) is 3.51. The van der Waals surface area contributed by atoms with Crippen molar-refractivity contribution in [2.24, 2.45) is 5.16 Å². The molecule has 0 bridgehead atoms. The molecule has 0 saturated carbocycles. The van der Waals surface area contributed by atoms with Crippen LogP contribution in [0, 0.1) is 0 Å². The largest absolute Gasteiger partial charge is 0.388 e. The van der Waals surface area contributed by atoms with Crippen LogP contribution in [-0.4, -0.2) is 35.3 Å². The molecule has 146 valence electrons. The van der Waals surface area contributed by atoms with Crippen molar-refractivity contribution in [3.63, 3.8) is 0 Å². The van der Waals surface area contributed by atoms with Crippen LogP contribution in [0.2, 0.25) is 0 Å². The minimum Gasteiger partial charge on any atom is -0.388 e. The van der Waals surface area contributed by atoms with Gasteiger partial charge in [-0.15, -0.1) is 0 Å². The van der Waals surface area contributed by atoms with Crippen LogP contribution in [0.25, 0.3) is 0 Å². The Morgan fingerprint density at radius 1 is 1.11 bits per heavy atom. The minimum absolute atomic E-state index is 0.0272. The number of rotatable bonds is 4. The fraction of sp³-hybridized carbons (Fsp3) is 0.391. The smallest absolute Gasteiger partial charge is 0.321 e. The Labute approximate surface area is 166 Å². The van der Waals surface area contributed by atoms with E-state index in [2.05, 4.69) is 35.6 Å². The monoisotopic (exact) mass is 377 g/mol. The molecule has 2 aliphatic rings. The lowest BCUT2D eigenvalue weighted by Crippen LogP contribution is -2.48. The highest BCUT2D eigenvalue weighted by atomic mass is 16.7. The van der Waals surface area contributed by atoms with Gasteiger partial charge in [0.1, 0.15) is 5.60 Å². The van der Waals surface area contributed by atoms with Gasteiger partial charge in [0.2, 0.25) is 0 Å². The van der Waals surface area contributed by atoms with Crippen LogP contribution in [0.4, 0.5) is 10.5 Å². The number of hydrogen-bond donors (Lipinski definition) is 1. The van der Waals surface area contributed by atoms with Crippen molar-refractivity contribution < 1.29 is 9.63 Å². The number of oxime groups is 1. The maximum absolute atomic E-state index is 12.8. The zero-order chi connectivity index (χ0) is 19.4. The Morgan fingerprint density at radius 3 is 2.57 bits per heavy atom. The molecule has 0 unspecified atom stereocenters.